The molecule has 1 spiro atoms. The van der Waals surface area contributed by atoms with E-state index in [0.717, 1.165) is 58.2 Å². The zero-order valence-corrected chi connectivity index (χ0v) is 13.6. The van der Waals surface area contributed by atoms with Crippen molar-refractivity contribution >= 4 is 5.91 Å². The van der Waals surface area contributed by atoms with Gasteiger partial charge in [-0.1, -0.05) is 5.16 Å². The summed E-state index contributed by atoms with van der Waals surface area (Å²) in [6.45, 7) is 6.38. The maximum Gasteiger partial charge on any atom is 0.292 e. The Morgan fingerprint density at radius 2 is 2.26 bits per heavy atom. The van der Waals surface area contributed by atoms with Crippen molar-refractivity contribution in [3.63, 3.8) is 0 Å². The Kier molecular flexibility index (Phi) is 4.11. The largest absolute Gasteiger partial charge is 0.379 e. The van der Waals surface area contributed by atoms with Crippen molar-refractivity contribution < 1.29 is 14.1 Å². The van der Waals surface area contributed by atoms with E-state index < -0.39 is 0 Å². The Labute approximate surface area is 136 Å². The first-order chi connectivity index (χ1) is 11.2. The van der Waals surface area contributed by atoms with E-state index in [1.807, 2.05) is 4.90 Å². The Morgan fingerprint density at radius 3 is 3.04 bits per heavy atom. The Morgan fingerprint density at radius 1 is 1.35 bits per heavy atom. The van der Waals surface area contributed by atoms with Crippen LogP contribution in [0.5, 0.6) is 0 Å². The molecular formula is C17H25N3O3. The topological polar surface area (TPSA) is 58.8 Å². The fourth-order valence-electron chi connectivity index (χ4n) is 4.01. The molecule has 0 bridgehead atoms. The van der Waals surface area contributed by atoms with Gasteiger partial charge in [0.1, 0.15) is 0 Å². The highest BCUT2D eigenvalue weighted by atomic mass is 16.5. The molecule has 23 heavy (non-hydrogen) atoms. The maximum absolute atomic E-state index is 12.6. The fourth-order valence-corrected chi connectivity index (χ4v) is 4.01. The van der Waals surface area contributed by atoms with Crippen molar-refractivity contribution in [3.8, 4) is 0 Å². The number of rotatable bonds is 3. The summed E-state index contributed by atoms with van der Waals surface area (Å²) < 4.78 is 11.0. The number of piperidine rings is 1. The van der Waals surface area contributed by atoms with Crippen LogP contribution in [0.25, 0.3) is 0 Å². The summed E-state index contributed by atoms with van der Waals surface area (Å²) in [6.07, 6.45) is 6.44. The highest BCUT2D eigenvalue weighted by molar-refractivity contribution is 5.91. The van der Waals surface area contributed by atoms with Crippen LogP contribution in [0.4, 0.5) is 0 Å². The molecule has 4 rings (SSSR count). The lowest BCUT2D eigenvalue weighted by atomic mass is 9.80. The summed E-state index contributed by atoms with van der Waals surface area (Å²) in [6, 6.07) is 1.65. The molecule has 1 amide bonds. The van der Waals surface area contributed by atoms with Gasteiger partial charge in [0, 0.05) is 44.2 Å². The van der Waals surface area contributed by atoms with Gasteiger partial charge >= 0.3 is 0 Å². The van der Waals surface area contributed by atoms with Crippen LogP contribution in [0.3, 0.4) is 0 Å². The second-order valence-electron chi connectivity index (χ2n) is 7.44. The summed E-state index contributed by atoms with van der Waals surface area (Å²) in [5.74, 6) is 1.19. The van der Waals surface area contributed by atoms with Crippen LogP contribution in [0, 0.1) is 11.3 Å². The maximum atomic E-state index is 12.6. The van der Waals surface area contributed by atoms with E-state index in [1.165, 1.54) is 25.6 Å². The van der Waals surface area contributed by atoms with Crippen LogP contribution in [0.2, 0.25) is 0 Å². The van der Waals surface area contributed by atoms with Gasteiger partial charge in [0.2, 0.25) is 5.76 Å². The number of nitrogens with zero attached hydrogens (tertiary/aromatic N) is 3. The second kappa shape index (κ2) is 6.24. The molecule has 3 heterocycles. The van der Waals surface area contributed by atoms with Crippen molar-refractivity contribution in [2.75, 3.05) is 45.9 Å². The van der Waals surface area contributed by atoms with E-state index in [0.29, 0.717) is 5.76 Å². The number of hydrogen-bond donors (Lipinski definition) is 0. The van der Waals surface area contributed by atoms with Gasteiger partial charge in [-0.05, 0) is 31.6 Å². The van der Waals surface area contributed by atoms with Crippen LogP contribution >= 0.6 is 0 Å². The van der Waals surface area contributed by atoms with E-state index >= 15 is 0 Å². The fraction of sp³-hybridized carbons (Fsp3) is 0.765. The summed E-state index contributed by atoms with van der Waals surface area (Å²) in [5, 5.41) is 3.65. The monoisotopic (exact) mass is 319 g/mol. The highest BCUT2D eigenvalue weighted by Crippen LogP contribution is 2.36. The third-order valence-electron chi connectivity index (χ3n) is 5.33. The third-order valence-corrected chi connectivity index (χ3v) is 5.33. The average Bonchev–Trinajstić information content (AvgIpc) is 3.24. The Balaban J connectivity index is 1.46. The summed E-state index contributed by atoms with van der Waals surface area (Å²) in [4.78, 5) is 17.1. The molecule has 2 aliphatic heterocycles. The van der Waals surface area contributed by atoms with Crippen molar-refractivity contribution in [1.82, 2.24) is 15.0 Å². The minimum atomic E-state index is -0.0421. The summed E-state index contributed by atoms with van der Waals surface area (Å²) in [7, 11) is 0. The number of aromatic nitrogens is 1. The standard InChI is InChI=1S/C17H25N3O3/c21-16(15-4-6-18-23-15)20-7-1-5-17(12-20)11-19(8-9-22-13-17)10-14-2-3-14/h4,6,14H,1-3,5,7-13H2. The summed E-state index contributed by atoms with van der Waals surface area (Å²) >= 11 is 0. The molecule has 126 valence electrons. The molecule has 1 aromatic rings. The molecule has 1 saturated carbocycles. The van der Waals surface area contributed by atoms with Gasteiger partial charge in [0.05, 0.1) is 19.4 Å². The van der Waals surface area contributed by atoms with E-state index in [4.69, 9.17) is 9.26 Å². The number of hydrogen-bond acceptors (Lipinski definition) is 5. The minimum absolute atomic E-state index is 0.0421. The molecule has 0 N–H and O–H groups in total. The molecule has 1 aromatic heterocycles. The van der Waals surface area contributed by atoms with Crippen LogP contribution in [0.15, 0.2) is 16.8 Å². The quantitative estimate of drug-likeness (QED) is 0.848. The highest BCUT2D eigenvalue weighted by Gasteiger charge is 2.41. The van der Waals surface area contributed by atoms with Gasteiger partial charge in [-0.3, -0.25) is 4.79 Å². The zero-order valence-electron chi connectivity index (χ0n) is 13.6. The molecule has 0 radical (unpaired) electrons. The number of ether oxygens (including phenoxy) is 1. The van der Waals surface area contributed by atoms with Crippen molar-refractivity contribution in [2.45, 2.75) is 25.7 Å². The smallest absolute Gasteiger partial charge is 0.292 e. The van der Waals surface area contributed by atoms with Gasteiger partial charge in [0.25, 0.3) is 5.91 Å². The van der Waals surface area contributed by atoms with Crippen molar-refractivity contribution in [1.29, 1.82) is 0 Å². The molecular weight excluding hydrogens is 294 g/mol. The first-order valence-corrected chi connectivity index (χ1v) is 8.74. The first-order valence-electron chi connectivity index (χ1n) is 8.74. The van der Waals surface area contributed by atoms with Crippen LogP contribution < -0.4 is 0 Å². The third kappa shape index (κ3) is 3.43. The number of likely N-dealkylation sites (tertiary alicyclic amines) is 1. The molecule has 2 saturated heterocycles. The normalized spacial score (nSPS) is 29.7. The molecule has 3 fully saturated rings. The average molecular weight is 319 g/mol. The van der Waals surface area contributed by atoms with E-state index in [1.54, 1.807) is 6.07 Å². The van der Waals surface area contributed by atoms with Crippen LogP contribution in [0.1, 0.15) is 36.2 Å². The summed E-state index contributed by atoms with van der Waals surface area (Å²) in [5.41, 5.74) is 0.0688. The molecule has 6 heteroatoms. The van der Waals surface area contributed by atoms with Crippen molar-refractivity contribution in [3.05, 3.63) is 18.0 Å². The number of carbonyl (C=O) groups is 1. The molecule has 6 nitrogen and oxygen atoms in total. The lowest BCUT2D eigenvalue weighted by molar-refractivity contribution is 0.00568. The second-order valence-corrected chi connectivity index (χ2v) is 7.44. The molecule has 0 aromatic carbocycles. The van der Waals surface area contributed by atoms with Crippen LogP contribution in [-0.4, -0.2) is 66.8 Å². The zero-order chi connectivity index (χ0) is 15.7. The number of carbonyl (C=O) groups excluding carboxylic acids is 1. The molecule has 3 aliphatic rings. The molecule has 1 atom stereocenters. The molecule has 1 aliphatic carbocycles. The van der Waals surface area contributed by atoms with Gasteiger partial charge in [0.15, 0.2) is 0 Å². The van der Waals surface area contributed by atoms with Gasteiger partial charge < -0.3 is 19.1 Å². The lowest BCUT2D eigenvalue weighted by Crippen LogP contribution is -2.52. The van der Waals surface area contributed by atoms with Gasteiger partial charge in [-0.15, -0.1) is 0 Å². The Bertz CT molecular complexity index is 543. The first kappa shape index (κ1) is 15.1. The van der Waals surface area contributed by atoms with E-state index in [-0.39, 0.29) is 11.3 Å². The predicted molar refractivity (Wildman–Crippen MR) is 84.1 cm³/mol. The van der Waals surface area contributed by atoms with Gasteiger partial charge in [-0.25, -0.2) is 0 Å². The van der Waals surface area contributed by atoms with Gasteiger partial charge in [-0.2, -0.15) is 0 Å². The minimum Gasteiger partial charge on any atom is -0.379 e. The van der Waals surface area contributed by atoms with E-state index in [2.05, 4.69) is 10.1 Å². The van der Waals surface area contributed by atoms with E-state index in [9.17, 15) is 4.79 Å². The van der Waals surface area contributed by atoms with Crippen molar-refractivity contribution in [2.24, 2.45) is 11.3 Å². The number of amides is 1. The SMILES string of the molecule is O=C(c1ccno1)N1CCCC2(COCCN(CC3CC3)C2)C1. The predicted octanol–water partition coefficient (Wildman–Crippen LogP) is 1.64. The lowest BCUT2D eigenvalue weighted by Gasteiger charge is -2.43. The molecule has 1 unspecified atom stereocenters. The van der Waals surface area contributed by atoms with Crippen LogP contribution in [-0.2, 0) is 4.74 Å². The Hall–Kier alpha value is -1.40.